The van der Waals surface area contributed by atoms with E-state index in [1.54, 1.807) is 0 Å². The molecule has 0 aromatic heterocycles. The van der Waals surface area contributed by atoms with E-state index in [-0.39, 0.29) is 48.8 Å². The minimum absolute atomic E-state index is 0. The van der Waals surface area contributed by atoms with Crippen LogP contribution in [0.25, 0.3) is 0 Å². The SMILES string of the molecule is C=C.CCCOS(=O)(=O)CCC.S.[Na]. The Hall–Kier alpha value is 1.00. The van der Waals surface area contributed by atoms with E-state index in [0.717, 1.165) is 6.42 Å². The van der Waals surface area contributed by atoms with Crippen LogP contribution in [0, 0.1) is 0 Å². The van der Waals surface area contributed by atoms with Crippen molar-refractivity contribution in [1.29, 1.82) is 0 Å². The van der Waals surface area contributed by atoms with Gasteiger partial charge in [-0.05, 0) is 12.8 Å². The smallest absolute Gasteiger partial charge is 0.267 e. The summed E-state index contributed by atoms with van der Waals surface area (Å²) in [6.07, 6.45) is 1.36. The van der Waals surface area contributed by atoms with Gasteiger partial charge in [0.15, 0.2) is 0 Å². The first-order valence-electron chi connectivity index (χ1n) is 3.99. The van der Waals surface area contributed by atoms with E-state index in [1.165, 1.54) is 0 Å². The van der Waals surface area contributed by atoms with Crippen LogP contribution in [0.15, 0.2) is 13.2 Å². The first-order valence-corrected chi connectivity index (χ1v) is 5.57. The molecule has 0 aliphatic carbocycles. The van der Waals surface area contributed by atoms with Gasteiger partial charge >= 0.3 is 0 Å². The molecule has 0 atom stereocenters. The van der Waals surface area contributed by atoms with Gasteiger partial charge < -0.3 is 0 Å². The summed E-state index contributed by atoms with van der Waals surface area (Å²) in [5, 5.41) is 0. The maximum absolute atomic E-state index is 10.8. The zero-order valence-electron chi connectivity index (χ0n) is 9.38. The topological polar surface area (TPSA) is 43.4 Å². The number of rotatable bonds is 5. The normalized spacial score (nSPS) is 8.71. The Kier molecular flexibility index (Phi) is 28.5. The van der Waals surface area contributed by atoms with Crippen molar-refractivity contribution >= 4 is 53.2 Å². The molecule has 3 nitrogen and oxygen atoms in total. The summed E-state index contributed by atoms with van der Waals surface area (Å²) in [5.74, 6) is 0.132. The summed E-state index contributed by atoms with van der Waals surface area (Å²) in [6.45, 7) is 10.00. The van der Waals surface area contributed by atoms with Gasteiger partial charge in [-0.1, -0.05) is 13.8 Å². The summed E-state index contributed by atoms with van der Waals surface area (Å²) in [7, 11) is -3.19. The Bertz CT molecular complexity index is 181. The second kappa shape index (κ2) is 16.4. The molecule has 0 aliphatic heterocycles. The second-order valence-corrected chi connectivity index (χ2v) is 3.84. The molecule has 0 saturated heterocycles. The molecule has 14 heavy (non-hydrogen) atoms. The molecule has 0 fully saturated rings. The average Bonchev–Trinajstić information content (AvgIpc) is 2.05. The van der Waals surface area contributed by atoms with Gasteiger partial charge in [-0.3, -0.25) is 4.18 Å². The van der Waals surface area contributed by atoms with Crippen molar-refractivity contribution in [2.24, 2.45) is 0 Å². The minimum Gasteiger partial charge on any atom is -0.270 e. The van der Waals surface area contributed by atoms with E-state index < -0.39 is 10.1 Å². The number of hydrogen-bond acceptors (Lipinski definition) is 3. The molecule has 83 valence electrons. The molecule has 0 aromatic rings. The molecule has 0 amide bonds. The van der Waals surface area contributed by atoms with Crippen molar-refractivity contribution in [3.63, 3.8) is 0 Å². The third-order valence-electron chi connectivity index (χ3n) is 0.921. The summed E-state index contributed by atoms with van der Waals surface area (Å²) in [6, 6.07) is 0. The van der Waals surface area contributed by atoms with Crippen LogP contribution in [0.2, 0.25) is 0 Å². The summed E-state index contributed by atoms with van der Waals surface area (Å²) < 4.78 is 26.1. The molecule has 1 radical (unpaired) electrons. The van der Waals surface area contributed by atoms with Crippen molar-refractivity contribution < 1.29 is 12.6 Å². The van der Waals surface area contributed by atoms with E-state index in [2.05, 4.69) is 17.3 Å². The Labute approximate surface area is 117 Å². The Balaban J connectivity index is -0.000000117. The van der Waals surface area contributed by atoms with E-state index >= 15 is 0 Å². The molecule has 0 rings (SSSR count). The van der Waals surface area contributed by atoms with Crippen LogP contribution in [0.4, 0.5) is 0 Å². The monoisotopic (exact) mass is 251 g/mol. The van der Waals surface area contributed by atoms with Crippen molar-refractivity contribution in [3.05, 3.63) is 13.2 Å². The summed E-state index contributed by atoms with van der Waals surface area (Å²) >= 11 is 0. The molecular weight excluding hydrogens is 231 g/mol. The predicted molar refractivity (Wildman–Crippen MR) is 67.7 cm³/mol. The van der Waals surface area contributed by atoms with Gasteiger partial charge in [-0.2, -0.15) is 21.9 Å². The quantitative estimate of drug-likeness (QED) is 0.424. The van der Waals surface area contributed by atoms with Crippen LogP contribution in [0.1, 0.15) is 26.7 Å². The third kappa shape index (κ3) is 18.7. The molecule has 0 aliphatic rings. The molecular formula is C8H20NaO3S2. The third-order valence-corrected chi connectivity index (χ3v) is 2.36. The number of hydrogen-bond donors (Lipinski definition) is 0. The van der Waals surface area contributed by atoms with Crippen molar-refractivity contribution in [1.82, 2.24) is 0 Å². The Morgan fingerprint density at radius 1 is 1.14 bits per heavy atom. The van der Waals surface area contributed by atoms with E-state index in [0.29, 0.717) is 13.0 Å². The zero-order valence-corrected chi connectivity index (χ0v) is 13.2. The Morgan fingerprint density at radius 3 is 1.86 bits per heavy atom. The standard InChI is InChI=1S/C6H14O3S.C2H4.Na.H2S/c1-3-5-9-10(7,8)6-4-2;1-2;;/h3-6H2,1-2H3;1-2H2;;1H2. The summed E-state index contributed by atoms with van der Waals surface area (Å²) in [4.78, 5) is 0. The first-order chi connectivity index (χ1) is 5.62. The van der Waals surface area contributed by atoms with E-state index in [1.807, 2.05) is 13.8 Å². The maximum Gasteiger partial charge on any atom is 0.267 e. The molecule has 0 spiro atoms. The molecule has 6 heteroatoms. The van der Waals surface area contributed by atoms with Crippen molar-refractivity contribution in [2.45, 2.75) is 26.7 Å². The first kappa shape index (κ1) is 24.3. The van der Waals surface area contributed by atoms with Gasteiger partial charge in [0.1, 0.15) is 0 Å². The fourth-order valence-electron chi connectivity index (χ4n) is 0.519. The van der Waals surface area contributed by atoms with Gasteiger partial charge in [-0.15, -0.1) is 13.2 Å². The fourth-order valence-corrected chi connectivity index (χ4v) is 1.56. The minimum atomic E-state index is -3.19. The van der Waals surface area contributed by atoms with Crippen LogP contribution in [-0.2, 0) is 14.3 Å². The summed E-state index contributed by atoms with van der Waals surface area (Å²) in [5.41, 5.74) is 0. The molecule has 0 saturated carbocycles. The Morgan fingerprint density at radius 2 is 1.57 bits per heavy atom. The van der Waals surface area contributed by atoms with Crippen LogP contribution >= 0.6 is 13.5 Å². The maximum atomic E-state index is 10.8. The molecule has 0 N–H and O–H groups in total. The van der Waals surface area contributed by atoms with Gasteiger partial charge in [-0.25, -0.2) is 0 Å². The second-order valence-electron chi connectivity index (χ2n) is 2.08. The molecule has 0 heterocycles. The largest absolute Gasteiger partial charge is 0.270 e. The van der Waals surface area contributed by atoms with Crippen LogP contribution in [-0.4, -0.2) is 50.3 Å². The molecule has 0 aromatic carbocycles. The van der Waals surface area contributed by atoms with Gasteiger partial charge in [0, 0.05) is 29.6 Å². The van der Waals surface area contributed by atoms with Crippen molar-refractivity contribution in [3.8, 4) is 0 Å². The van der Waals surface area contributed by atoms with E-state index in [4.69, 9.17) is 0 Å². The average molecular weight is 251 g/mol. The van der Waals surface area contributed by atoms with Gasteiger partial charge in [0.25, 0.3) is 10.1 Å². The van der Waals surface area contributed by atoms with Gasteiger partial charge in [0.05, 0.1) is 12.4 Å². The van der Waals surface area contributed by atoms with Crippen LogP contribution in [0.3, 0.4) is 0 Å². The van der Waals surface area contributed by atoms with Gasteiger partial charge in [0.2, 0.25) is 0 Å². The van der Waals surface area contributed by atoms with Crippen molar-refractivity contribution in [2.75, 3.05) is 12.4 Å². The van der Waals surface area contributed by atoms with E-state index in [9.17, 15) is 8.42 Å². The fraction of sp³-hybridized carbons (Fsp3) is 0.750. The van der Waals surface area contributed by atoms with Crippen LogP contribution < -0.4 is 0 Å². The molecule has 0 bridgehead atoms. The molecule has 0 unspecified atom stereocenters. The van der Waals surface area contributed by atoms with Crippen LogP contribution in [0.5, 0.6) is 0 Å². The predicted octanol–water partition coefficient (Wildman–Crippen LogP) is 1.69. The zero-order chi connectivity index (χ0) is 10.0.